The van der Waals surface area contributed by atoms with E-state index in [1.165, 1.54) is 0 Å². The van der Waals surface area contributed by atoms with E-state index in [0.29, 0.717) is 0 Å². The van der Waals surface area contributed by atoms with Crippen LogP contribution in [0, 0.1) is 0 Å². The number of alkyl halides is 1. The molecular formula is C4H5FO3. The Morgan fingerprint density at radius 2 is 2.00 bits per heavy atom. The number of carboxylic acids is 1. The summed E-state index contributed by atoms with van der Waals surface area (Å²) in [5.74, 6) is -2.70. The summed E-state index contributed by atoms with van der Waals surface area (Å²) in [6, 6.07) is 0. The highest BCUT2D eigenvalue weighted by Gasteiger charge is 2.19. The van der Waals surface area contributed by atoms with E-state index in [9.17, 15) is 14.0 Å². The zero-order chi connectivity index (χ0) is 6.73. The number of carbonyl (C=O) groups excluding carboxylic acids is 1. The quantitative estimate of drug-likeness (QED) is 0.522. The van der Waals surface area contributed by atoms with Crippen LogP contribution in [0.1, 0.15) is 6.92 Å². The van der Waals surface area contributed by atoms with Crippen LogP contribution in [0.25, 0.3) is 0 Å². The molecule has 1 atom stereocenters. The van der Waals surface area contributed by atoms with Crippen molar-refractivity contribution in [3.63, 3.8) is 0 Å². The highest BCUT2D eigenvalue weighted by Crippen LogP contribution is 1.90. The second-order valence-corrected chi connectivity index (χ2v) is 1.31. The summed E-state index contributed by atoms with van der Waals surface area (Å²) < 4.78 is 11.7. The van der Waals surface area contributed by atoms with Gasteiger partial charge in [-0.15, -0.1) is 0 Å². The number of aliphatic carboxylic acids is 1. The van der Waals surface area contributed by atoms with Gasteiger partial charge in [0.25, 0.3) is 6.17 Å². The zero-order valence-electron chi connectivity index (χ0n) is 4.22. The summed E-state index contributed by atoms with van der Waals surface area (Å²) in [4.78, 5) is 19.4. The van der Waals surface area contributed by atoms with Gasteiger partial charge in [-0.3, -0.25) is 4.79 Å². The van der Waals surface area contributed by atoms with Crippen molar-refractivity contribution in [1.82, 2.24) is 0 Å². The van der Waals surface area contributed by atoms with Gasteiger partial charge in [0, 0.05) is 0 Å². The maximum absolute atomic E-state index is 11.7. The number of carboxylic acid groups (broad SMARTS) is 1. The van der Waals surface area contributed by atoms with E-state index in [2.05, 4.69) is 0 Å². The second kappa shape index (κ2) is 2.40. The van der Waals surface area contributed by atoms with Crippen molar-refractivity contribution in [3.05, 3.63) is 0 Å². The van der Waals surface area contributed by atoms with Crippen molar-refractivity contribution >= 4 is 11.8 Å². The lowest BCUT2D eigenvalue weighted by Gasteiger charge is -1.92. The van der Waals surface area contributed by atoms with Crippen LogP contribution in [0.15, 0.2) is 0 Å². The predicted molar refractivity (Wildman–Crippen MR) is 23.2 cm³/mol. The molecule has 0 aliphatic rings. The predicted octanol–water partition coefficient (Wildman–Crippen LogP) is -0.00190. The van der Waals surface area contributed by atoms with E-state index in [1.807, 2.05) is 0 Å². The molecule has 4 heteroatoms. The van der Waals surface area contributed by atoms with Gasteiger partial charge in [0.2, 0.25) is 0 Å². The van der Waals surface area contributed by atoms with Gasteiger partial charge in [-0.2, -0.15) is 0 Å². The van der Waals surface area contributed by atoms with E-state index in [1.54, 1.807) is 0 Å². The van der Waals surface area contributed by atoms with E-state index in [4.69, 9.17) is 5.11 Å². The van der Waals surface area contributed by atoms with Crippen LogP contribution < -0.4 is 0 Å². The third-order valence-corrected chi connectivity index (χ3v) is 0.574. The Hall–Kier alpha value is -0.930. The number of carbonyl (C=O) groups is 2. The molecule has 0 amide bonds. The molecule has 0 heterocycles. The fourth-order valence-corrected chi connectivity index (χ4v) is 0.174. The number of hydrogen-bond donors (Lipinski definition) is 1. The molecule has 0 radical (unpaired) electrons. The minimum Gasteiger partial charge on any atom is -0.479 e. The van der Waals surface area contributed by atoms with Gasteiger partial charge in [0.1, 0.15) is 0 Å². The van der Waals surface area contributed by atoms with E-state index < -0.39 is 17.9 Å². The lowest BCUT2D eigenvalue weighted by Crippen LogP contribution is -2.22. The lowest BCUT2D eigenvalue weighted by atomic mass is 10.3. The van der Waals surface area contributed by atoms with Crippen LogP contribution >= 0.6 is 0 Å². The summed E-state index contributed by atoms with van der Waals surface area (Å²) in [6.07, 6.45) is -2.35. The molecule has 0 aliphatic carbocycles. The third-order valence-electron chi connectivity index (χ3n) is 0.574. The average molecular weight is 120 g/mol. The lowest BCUT2D eigenvalue weighted by molar-refractivity contribution is -0.146. The van der Waals surface area contributed by atoms with Crippen molar-refractivity contribution < 1.29 is 19.1 Å². The van der Waals surface area contributed by atoms with Gasteiger partial charge >= 0.3 is 5.97 Å². The standard InChI is InChI=1S/C4H5FO3/c1-2(6)3(5)4(7)8/h3H,1H3,(H,7,8)/t3-/m1/s1. The summed E-state index contributed by atoms with van der Waals surface area (Å²) in [5, 5.41) is 7.76. The number of rotatable bonds is 2. The maximum Gasteiger partial charge on any atom is 0.346 e. The first-order valence-electron chi connectivity index (χ1n) is 1.93. The van der Waals surface area contributed by atoms with E-state index >= 15 is 0 Å². The Kier molecular flexibility index (Phi) is 2.12. The molecule has 0 fully saturated rings. The second-order valence-electron chi connectivity index (χ2n) is 1.31. The molecule has 0 saturated carbocycles. The molecule has 46 valence electrons. The van der Waals surface area contributed by atoms with E-state index in [-0.39, 0.29) is 0 Å². The number of halogens is 1. The van der Waals surface area contributed by atoms with Crippen molar-refractivity contribution in [2.45, 2.75) is 13.1 Å². The molecule has 0 saturated heterocycles. The number of hydrogen-bond acceptors (Lipinski definition) is 2. The molecule has 0 aliphatic heterocycles. The molecule has 1 N–H and O–H groups in total. The first kappa shape index (κ1) is 7.07. The largest absolute Gasteiger partial charge is 0.479 e. The smallest absolute Gasteiger partial charge is 0.346 e. The first-order chi connectivity index (χ1) is 3.55. The Morgan fingerprint density at radius 3 is 2.00 bits per heavy atom. The van der Waals surface area contributed by atoms with Crippen molar-refractivity contribution in [2.75, 3.05) is 0 Å². The Bertz CT molecular complexity index is 106. The van der Waals surface area contributed by atoms with Crippen LogP contribution in [0.5, 0.6) is 0 Å². The summed E-state index contributed by atoms with van der Waals surface area (Å²) in [5.41, 5.74) is 0. The van der Waals surface area contributed by atoms with Crippen molar-refractivity contribution in [2.24, 2.45) is 0 Å². The summed E-state index contributed by atoms with van der Waals surface area (Å²) in [6.45, 7) is 0.888. The topological polar surface area (TPSA) is 54.4 Å². The zero-order valence-corrected chi connectivity index (χ0v) is 4.22. The molecule has 0 spiro atoms. The van der Waals surface area contributed by atoms with E-state index in [0.717, 1.165) is 6.92 Å². The van der Waals surface area contributed by atoms with Gasteiger partial charge in [-0.05, 0) is 6.92 Å². The first-order valence-corrected chi connectivity index (χ1v) is 1.93. The fraction of sp³-hybridized carbons (Fsp3) is 0.500. The van der Waals surface area contributed by atoms with Gasteiger partial charge in [-0.25, -0.2) is 9.18 Å². The van der Waals surface area contributed by atoms with Crippen LogP contribution in [-0.2, 0) is 9.59 Å². The van der Waals surface area contributed by atoms with Gasteiger partial charge in [-0.1, -0.05) is 0 Å². The average Bonchev–Trinajstić information content (AvgIpc) is 1.64. The Labute approximate surface area is 45.1 Å². The van der Waals surface area contributed by atoms with Crippen LogP contribution in [0.3, 0.4) is 0 Å². The Morgan fingerprint density at radius 1 is 1.62 bits per heavy atom. The maximum atomic E-state index is 11.7. The van der Waals surface area contributed by atoms with Crippen LogP contribution in [0.2, 0.25) is 0 Å². The molecule has 0 aromatic carbocycles. The summed E-state index contributed by atoms with van der Waals surface area (Å²) in [7, 11) is 0. The van der Waals surface area contributed by atoms with Gasteiger partial charge < -0.3 is 5.11 Å². The molecule has 3 nitrogen and oxygen atoms in total. The molecule has 0 aromatic rings. The highest BCUT2D eigenvalue weighted by atomic mass is 19.1. The number of Topliss-reactive ketones (excluding diaryl/α,β-unsaturated/α-hetero) is 1. The molecule has 0 bridgehead atoms. The van der Waals surface area contributed by atoms with Crippen molar-refractivity contribution in [1.29, 1.82) is 0 Å². The Balaban J connectivity index is 3.83. The summed E-state index contributed by atoms with van der Waals surface area (Å²) >= 11 is 0. The van der Waals surface area contributed by atoms with Crippen LogP contribution in [0.4, 0.5) is 4.39 Å². The minimum absolute atomic E-state index is 0.888. The molecular weight excluding hydrogens is 115 g/mol. The normalized spacial score (nSPS) is 12.8. The van der Waals surface area contributed by atoms with Crippen molar-refractivity contribution in [3.8, 4) is 0 Å². The van der Waals surface area contributed by atoms with Gasteiger partial charge in [0.05, 0.1) is 0 Å². The highest BCUT2D eigenvalue weighted by molar-refractivity contribution is 5.99. The minimum atomic E-state index is -2.35. The van der Waals surface area contributed by atoms with Gasteiger partial charge in [0.15, 0.2) is 5.78 Å². The monoisotopic (exact) mass is 120 g/mol. The third kappa shape index (κ3) is 1.68. The molecule has 0 aromatic heterocycles. The van der Waals surface area contributed by atoms with Crippen LogP contribution in [-0.4, -0.2) is 23.0 Å². The molecule has 0 rings (SSSR count). The number of ketones is 1. The molecule has 0 unspecified atom stereocenters. The SMILES string of the molecule is CC(=O)[C@@H](F)C(=O)O. The molecule has 8 heavy (non-hydrogen) atoms. The fourth-order valence-electron chi connectivity index (χ4n) is 0.174.